The molecule has 0 amide bonds. The Bertz CT molecular complexity index is 565. The van der Waals surface area contributed by atoms with Crippen LogP contribution in [0.25, 0.3) is 0 Å². The molecule has 8 nitrogen and oxygen atoms in total. The zero-order valence-electron chi connectivity index (χ0n) is 9.95. The Kier molecular flexibility index (Phi) is 5.39. The average Bonchev–Trinajstić information content (AvgIpc) is 2.83. The van der Waals surface area contributed by atoms with Gasteiger partial charge in [-0.05, 0) is 0 Å². The van der Waals surface area contributed by atoms with Gasteiger partial charge in [0.25, 0.3) is 0 Å². The topological polar surface area (TPSA) is 123 Å². The second-order valence-electron chi connectivity index (χ2n) is 3.40. The lowest BCUT2D eigenvalue weighted by Gasteiger charge is -2.04. The number of carboxylic acid groups (broad SMARTS) is 1. The van der Waals surface area contributed by atoms with E-state index >= 15 is 0 Å². The molecule has 106 valence electrons. The summed E-state index contributed by atoms with van der Waals surface area (Å²) in [5.41, 5.74) is -0.131. The summed E-state index contributed by atoms with van der Waals surface area (Å²) >= 11 is 1.04. The quantitative estimate of drug-likeness (QED) is 0.670. The zero-order chi connectivity index (χ0) is 14.5. The van der Waals surface area contributed by atoms with Crippen LogP contribution in [-0.4, -0.2) is 43.3 Å². The van der Waals surface area contributed by atoms with Crippen molar-refractivity contribution in [2.45, 2.75) is 13.0 Å². The fraction of sp³-hybridized carbons (Fsp3) is 0.444. The number of carboxylic acids is 1. The molecule has 0 aromatic carbocycles. The van der Waals surface area contributed by atoms with Gasteiger partial charge in [-0.2, -0.15) is 0 Å². The van der Waals surface area contributed by atoms with E-state index in [1.54, 1.807) is 0 Å². The van der Waals surface area contributed by atoms with E-state index in [1.807, 2.05) is 0 Å². The zero-order valence-corrected chi connectivity index (χ0v) is 11.6. The number of aromatic nitrogens is 1. The van der Waals surface area contributed by atoms with Crippen molar-refractivity contribution in [1.29, 1.82) is 0 Å². The van der Waals surface area contributed by atoms with E-state index < -0.39 is 27.7 Å². The molecule has 0 saturated heterocycles. The fourth-order valence-electron chi connectivity index (χ4n) is 1.05. The third-order valence-electron chi connectivity index (χ3n) is 2.02. The summed E-state index contributed by atoms with van der Waals surface area (Å²) in [6, 6.07) is 0. The van der Waals surface area contributed by atoms with Crippen molar-refractivity contribution in [3.63, 3.8) is 0 Å². The van der Waals surface area contributed by atoms with Crippen LogP contribution < -0.4 is 4.72 Å². The predicted molar refractivity (Wildman–Crippen MR) is 66.3 cm³/mol. The number of hydrogen-bond donors (Lipinski definition) is 2. The summed E-state index contributed by atoms with van der Waals surface area (Å²) in [5.74, 6) is -2.18. The van der Waals surface area contributed by atoms with Crippen LogP contribution in [-0.2, 0) is 26.1 Å². The molecular weight excluding hydrogens is 296 g/mol. The van der Waals surface area contributed by atoms with Gasteiger partial charge in [-0.25, -0.2) is 22.9 Å². The number of hydrogen-bond acceptors (Lipinski definition) is 7. The Morgan fingerprint density at radius 2 is 2.21 bits per heavy atom. The van der Waals surface area contributed by atoms with Gasteiger partial charge in [0.1, 0.15) is 5.01 Å². The number of aromatic carboxylic acids is 1. The summed E-state index contributed by atoms with van der Waals surface area (Å²) in [6.07, 6.45) is -0.246. The maximum atomic E-state index is 11.5. The van der Waals surface area contributed by atoms with Gasteiger partial charge in [0.05, 0.1) is 25.8 Å². The molecule has 19 heavy (non-hydrogen) atoms. The Morgan fingerprint density at radius 1 is 1.53 bits per heavy atom. The standard InChI is InChI=1S/C9H12N2O6S2/c1-17-8(12)2-3-19(15,16)10-4-7-11-6(5-18-7)9(13)14/h5,10H,2-4H2,1H3,(H,13,14). The van der Waals surface area contributed by atoms with Crippen molar-refractivity contribution in [2.24, 2.45) is 0 Å². The number of nitrogens with one attached hydrogen (secondary N) is 1. The minimum atomic E-state index is -3.63. The maximum Gasteiger partial charge on any atom is 0.355 e. The number of nitrogens with zero attached hydrogens (tertiary/aromatic N) is 1. The van der Waals surface area contributed by atoms with E-state index in [4.69, 9.17) is 5.11 Å². The van der Waals surface area contributed by atoms with Crippen molar-refractivity contribution in [1.82, 2.24) is 9.71 Å². The highest BCUT2D eigenvalue weighted by Gasteiger charge is 2.15. The average molecular weight is 308 g/mol. The lowest BCUT2D eigenvalue weighted by atomic mass is 10.5. The second kappa shape index (κ2) is 6.59. The van der Waals surface area contributed by atoms with E-state index in [1.165, 1.54) is 12.5 Å². The molecule has 1 aromatic heterocycles. The maximum absolute atomic E-state index is 11.5. The molecule has 1 aromatic rings. The highest BCUT2D eigenvalue weighted by Crippen LogP contribution is 2.09. The monoisotopic (exact) mass is 308 g/mol. The first kappa shape index (κ1) is 15.5. The summed E-state index contributed by atoms with van der Waals surface area (Å²) in [5, 5.41) is 10.3. The Labute approximate surface area is 113 Å². The molecule has 0 fully saturated rings. The van der Waals surface area contributed by atoms with Crippen molar-refractivity contribution < 1.29 is 27.9 Å². The molecule has 0 aliphatic heterocycles. The summed E-state index contributed by atoms with van der Waals surface area (Å²) < 4.78 is 29.6. The molecule has 0 saturated carbocycles. The molecule has 0 spiro atoms. The third kappa shape index (κ3) is 5.32. The molecule has 10 heteroatoms. The number of sulfonamides is 1. The van der Waals surface area contributed by atoms with Crippen LogP contribution in [0.15, 0.2) is 5.38 Å². The van der Waals surface area contributed by atoms with Crippen LogP contribution >= 0.6 is 11.3 Å². The number of carbonyl (C=O) groups excluding carboxylic acids is 1. The normalized spacial score (nSPS) is 11.2. The van der Waals surface area contributed by atoms with Gasteiger partial charge in [-0.1, -0.05) is 0 Å². The molecule has 2 N–H and O–H groups in total. The number of thiazole rings is 1. The molecule has 0 bridgehead atoms. The summed E-state index contributed by atoms with van der Waals surface area (Å²) in [4.78, 5) is 25.1. The van der Waals surface area contributed by atoms with Gasteiger partial charge in [-0.3, -0.25) is 4.79 Å². The minimum Gasteiger partial charge on any atom is -0.476 e. The van der Waals surface area contributed by atoms with Gasteiger partial charge in [-0.15, -0.1) is 11.3 Å². The molecule has 0 radical (unpaired) electrons. The van der Waals surface area contributed by atoms with Gasteiger partial charge in [0, 0.05) is 5.38 Å². The van der Waals surface area contributed by atoms with E-state index in [0.717, 1.165) is 11.3 Å². The highest BCUT2D eigenvalue weighted by atomic mass is 32.2. The Hall–Kier alpha value is -1.52. The van der Waals surface area contributed by atoms with Crippen LogP contribution in [0.4, 0.5) is 0 Å². The SMILES string of the molecule is COC(=O)CCS(=O)(=O)NCc1nc(C(=O)O)cs1. The molecule has 0 atom stereocenters. The molecule has 1 rings (SSSR count). The highest BCUT2D eigenvalue weighted by molar-refractivity contribution is 7.89. The molecule has 0 aliphatic carbocycles. The summed E-state index contributed by atoms with van der Waals surface area (Å²) in [7, 11) is -2.46. The molecule has 0 aliphatic rings. The van der Waals surface area contributed by atoms with Gasteiger partial charge >= 0.3 is 11.9 Å². The van der Waals surface area contributed by atoms with Crippen molar-refractivity contribution >= 4 is 33.3 Å². The van der Waals surface area contributed by atoms with Gasteiger partial charge in [0.2, 0.25) is 10.0 Å². The molecule has 1 heterocycles. The van der Waals surface area contributed by atoms with E-state index in [2.05, 4.69) is 14.4 Å². The minimum absolute atomic E-state index is 0.110. The number of esters is 1. The van der Waals surface area contributed by atoms with Crippen LogP contribution in [0, 0.1) is 0 Å². The van der Waals surface area contributed by atoms with Crippen LogP contribution in [0.3, 0.4) is 0 Å². The second-order valence-corrected chi connectivity index (χ2v) is 6.27. The van der Waals surface area contributed by atoms with Gasteiger partial charge < -0.3 is 9.84 Å². The molecular formula is C9H12N2O6S2. The largest absolute Gasteiger partial charge is 0.476 e. The van der Waals surface area contributed by atoms with Crippen molar-refractivity contribution in [2.75, 3.05) is 12.9 Å². The van der Waals surface area contributed by atoms with E-state index in [-0.39, 0.29) is 18.7 Å². The first-order valence-corrected chi connectivity index (χ1v) is 7.59. The number of rotatable bonds is 7. The lowest BCUT2D eigenvalue weighted by molar-refractivity contribution is -0.140. The smallest absolute Gasteiger partial charge is 0.355 e. The number of carbonyl (C=O) groups is 2. The fourth-order valence-corrected chi connectivity index (χ4v) is 2.79. The van der Waals surface area contributed by atoms with Crippen LogP contribution in [0.1, 0.15) is 21.9 Å². The number of methoxy groups -OCH3 is 1. The predicted octanol–water partition coefficient (Wildman–Crippen LogP) is -0.176. The molecule has 0 unspecified atom stereocenters. The first-order valence-electron chi connectivity index (χ1n) is 5.06. The Morgan fingerprint density at radius 3 is 2.74 bits per heavy atom. The first-order chi connectivity index (χ1) is 8.84. The van der Waals surface area contributed by atoms with Crippen LogP contribution in [0.2, 0.25) is 0 Å². The third-order valence-corrected chi connectivity index (χ3v) is 4.19. The summed E-state index contributed by atoms with van der Waals surface area (Å²) in [6.45, 7) is -0.110. The lowest BCUT2D eigenvalue weighted by Crippen LogP contribution is -2.27. The van der Waals surface area contributed by atoms with Gasteiger partial charge in [0.15, 0.2) is 5.69 Å². The van der Waals surface area contributed by atoms with Crippen LogP contribution in [0.5, 0.6) is 0 Å². The van der Waals surface area contributed by atoms with Crippen molar-refractivity contribution in [3.05, 3.63) is 16.1 Å². The van der Waals surface area contributed by atoms with Crippen molar-refractivity contribution in [3.8, 4) is 0 Å². The van der Waals surface area contributed by atoms with E-state index in [9.17, 15) is 18.0 Å². The van der Waals surface area contributed by atoms with E-state index in [0.29, 0.717) is 5.01 Å². The number of ether oxygens (including phenoxy) is 1. The Balaban J connectivity index is 2.50.